The Bertz CT molecular complexity index is 939. The third-order valence-electron chi connectivity index (χ3n) is 4.26. The highest BCUT2D eigenvalue weighted by Gasteiger charge is 2.15. The molecule has 4 heteroatoms. The quantitative estimate of drug-likeness (QED) is 0.272. The van der Waals surface area contributed by atoms with Gasteiger partial charge in [0.25, 0.3) is 0 Å². The first-order chi connectivity index (χ1) is 13.4. The summed E-state index contributed by atoms with van der Waals surface area (Å²) in [5, 5.41) is 4.20. The molecule has 0 saturated heterocycles. The zero-order chi connectivity index (χ0) is 20.0. The number of nitrogens with zero attached hydrogens (tertiary/aromatic N) is 1. The predicted molar refractivity (Wildman–Crippen MR) is 114 cm³/mol. The Balaban J connectivity index is 1.58. The van der Waals surface area contributed by atoms with Gasteiger partial charge in [-0.25, -0.2) is 4.79 Å². The molecule has 0 spiro atoms. The van der Waals surface area contributed by atoms with E-state index in [1.54, 1.807) is 30.5 Å². The summed E-state index contributed by atoms with van der Waals surface area (Å²) in [4.78, 5) is 12.3. The average molecular weight is 372 g/mol. The number of hydrogen-bond donors (Lipinski definition) is 1. The van der Waals surface area contributed by atoms with Crippen LogP contribution in [0, 0.1) is 0 Å². The molecule has 4 nitrogen and oxygen atoms in total. The lowest BCUT2D eigenvalue weighted by molar-refractivity contribution is 0.0734. The van der Waals surface area contributed by atoms with Crippen molar-refractivity contribution in [3.8, 4) is 5.75 Å². The molecule has 3 aromatic carbocycles. The van der Waals surface area contributed by atoms with Crippen molar-refractivity contribution in [2.24, 2.45) is 5.10 Å². The number of ether oxygens (including phenoxy) is 1. The van der Waals surface area contributed by atoms with E-state index < -0.39 is 0 Å². The van der Waals surface area contributed by atoms with Gasteiger partial charge in [0.05, 0.1) is 17.5 Å². The van der Waals surface area contributed by atoms with Crippen LogP contribution in [0.25, 0.3) is 0 Å². The van der Waals surface area contributed by atoms with Gasteiger partial charge in [-0.05, 0) is 65.1 Å². The molecule has 0 aliphatic carbocycles. The summed E-state index contributed by atoms with van der Waals surface area (Å²) < 4.78 is 5.46. The summed E-state index contributed by atoms with van der Waals surface area (Å²) in [5.74, 6) is 0.130. The number of carbonyl (C=O) groups is 1. The smallest absolute Gasteiger partial charge is 0.343 e. The topological polar surface area (TPSA) is 50.7 Å². The Morgan fingerprint density at radius 1 is 0.893 bits per heavy atom. The molecular weight excluding hydrogens is 348 g/mol. The summed E-state index contributed by atoms with van der Waals surface area (Å²) in [6.07, 6.45) is 1.71. The van der Waals surface area contributed by atoms with E-state index in [1.165, 1.54) is 5.56 Å². The van der Waals surface area contributed by atoms with Crippen molar-refractivity contribution >= 4 is 17.9 Å². The van der Waals surface area contributed by atoms with Crippen molar-refractivity contribution in [3.63, 3.8) is 0 Å². The van der Waals surface area contributed by atoms with E-state index in [0.29, 0.717) is 11.3 Å². The van der Waals surface area contributed by atoms with E-state index in [4.69, 9.17) is 4.74 Å². The van der Waals surface area contributed by atoms with Crippen LogP contribution in [-0.4, -0.2) is 12.2 Å². The highest BCUT2D eigenvalue weighted by molar-refractivity contribution is 5.91. The Morgan fingerprint density at radius 2 is 1.54 bits per heavy atom. The monoisotopic (exact) mass is 372 g/mol. The van der Waals surface area contributed by atoms with Crippen molar-refractivity contribution in [1.29, 1.82) is 0 Å². The maximum Gasteiger partial charge on any atom is 0.343 e. The van der Waals surface area contributed by atoms with Crippen LogP contribution < -0.4 is 10.2 Å². The second kappa shape index (κ2) is 8.53. The number of esters is 1. The molecule has 28 heavy (non-hydrogen) atoms. The third kappa shape index (κ3) is 5.30. The predicted octanol–water partition coefficient (Wildman–Crippen LogP) is 5.65. The second-order valence-corrected chi connectivity index (χ2v) is 7.52. The maximum atomic E-state index is 12.3. The molecule has 0 amide bonds. The summed E-state index contributed by atoms with van der Waals surface area (Å²) >= 11 is 0. The Morgan fingerprint density at radius 3 is 2.14 bits per heavy atom. The number of carbonyl (C=O) groups excluding carboxylic acids is 1. The number of hydrogen-bond acceptors (Lipinski definition) is 4. The zero-order valence-electron chi connectivity index (χ0n) is 16.3. The van der Waals surface area contributed by atoms with E-state index in [1.807, 2.05) is 54.6 Å². The van der Waals surface area contributed by atoms with Gasteiger partial charge in [0.2, 0.25) is 0 Å². The summed E-state index contributed by atoms with van der Waals surface area (Å²) in [6.45, 7) is 6.42. The van der Waals surface area contributed by atoms with E-state index in [-0.39, 0.29) is 11.4 Å². The highest BCUT2D eigenvalue weighted by Crippen LogP contribution is 2.22. The fourth-order valence-electron chi connectivity index (χ4n) is 2.59. The first-order valence-electron chi connectivity index (χ1n) is 9.19. The van der Waals surface area contributed by atoms with Crippen LogP contribution in [0.3, 0.4) is 0 Å². The zero-order valence-corrected chi connectivity index (χ0v) is 16.3. The lowest BCUT2D eigenvalue weighted by Gasteiger charge is -2.18. The van der Waals surface area contributed by atoms with Crippen molar-refractivity contribution in [3.05, 3.63) is 95.6 Å². The summed E-state index contributed by atoms with van der Waals surface area (Å²) in [5.41, 5.74) is 6.54. The first-order valence-corrected chi connectivity index (χ1v) is 9.19. The van der Waals surface area contributed by atoms with Crippen molar-refractivity contribution in [2.45, 2.75) is 26.2 Å². The third-order valence-corrected chi connectivity index (χ3v) is 4.26. The second-order valence-electron chi connectivity index (χ2n) is 7.52. The van der Waals surface area contributed by atoms with Crippen molar-refractivity contribution in [2.75, 3.05) is 5.43 Å². The summed E-state index contributed by atoms with van der Waals surface area (Å²) in [6, 6.07) is 24.5. The molecule has 0 atom stereocenters. The van der Waals surface area contributed by atoms with Gasteiger partial charge in [0.15, 0.2) is 0 Å². The molecule has 0 heterocycles. The molecule has 0 saturated carbocycles. The molecule has 1 N–H and O–H groups in total. The van der Waals surface area contributed by atoms with Gasteiger partial charge in [-0.15, -0.1) is 0 Å². The van der Waals surface area contributed by atoms with Crippen molar-refractivity contribution < 1.29 is 9.53 Å². The van der Waals surface area contributed by atoms with Crippen LogP contribution in [0.2, 0.25) is 0 Å². The van der Waals surface area contributed by atoms with E-state index >= 15 is 0 Å². The molecule has 3 aromatic rings. The lowest BCUT2D eigenvalue weighted by Crippen LogP contribution is -2.12. The van der Waals surface area contributed by atoms with Gasteiger partial charge >= 0.3 is 5.97 Å². The summed E-state index contributed by atoms with van der Waals surface area (Å²) in [7, 11) is 0. The fourth-order valence-corrected chi connectivity index (χ4v) is 2.59. The van der Waals surface area contributed by atoms with Gasteiger partial charge in [-0.1, -0.05) is 51.1 Å². The minimum Gasteiger partial charge on any atom is -0.423 e. The molecule has 3 rings (SSSR count). The molecule has 0 fully saturated rings. The molecule has 142 valence electrons. The van der Waals surface area contributed by atoms with Crippen LogP contribution in [0.15, 0.2) is 84.0 Å². The van der Waals surface area contributed by atoms with E-state index in [2.05, 4.69) is 31.3 Å². The number of nitrogens with one attached hydrogen (secondary N) is 1. The lowest BCUT2D eigenvalue weighted by atomic mass is 9.87. The van der Waals surface area contributed by atoms with Crippen LogP contribution in [-0.2, 0) is 5.41 Å². The normalized spacial score (nSPS) is 11.4. The average Bonchev–Trinajstić information content (AvgIpc) is 2.69. The molecular formula is C24H24N2O2. The fraction of sp³-hybridized carbons (Fsp3) is 0.167. The standard InChI is InChI=1S/C24H24N2O2/c1-24(2,3)20-13-11-19(12-14-20)23(27)28-22-15-9-18(10-16-22)17-25-26-21-7-5-4-6-8-21/h4-17,26H,1-3H3/b25-17+. The molecule has 0 aliphatic heterocycles. The van der Waals surface area contributed by atoms with Gasteiger partial charge in [0.1, 0.15) is 5.75 Å². The van der Waals surface area contributed by atoms with Gasteiger partial charge in [0, 0.05) is 0 Å². The van der Waals surface area contributed by atoms with Crippen LogP contribution >= 0.6 is 0 Å². The van der Waals surface area contributed by atoms with Crippen molar-refractivity contribution in [1.82, 2.24) is 0 Å². The number of para-hydroxylation sites is 1. The first kappa shape index (κ1) is 19.4. The number of benzene rings is 3. The largest absolute Gasteiger partial charge is 0.423 e. The van der Waals surface area contributed by atoms with Gasteiger partial charge in [-0.2, -0.15) is 5.10 Å². The number of rotatable bonds is 5. The SMILES string of the molecule is CC(C)(C)c1ccc(C(=O)Oc2ccc(/C=N/Nc3ccccc3)cc2)cc1. The van der Waals surface area contributed by atoms with Crippen LogP contribution in [0.5, 0.6) is 5.75 Å². The molecule has 0 bridgehead atoms. The Kier molecular flexibility index (Phi) is 5.90. The van der Waals surface area contributed by atoms with Crippen LogP contribution in [0.4, 0.5) is 5.69 Å². The van der Waals surface area contributed by atoms with Crippen LogP contribution in [0.1, 0.15) is 42.3 Å². The minimum atomic E-state index is -0.368. The maximum absolute atomic E-state index is 12.3. The van der Waals surface area contributed by atoms with E-state index in [9.17, 15) is 4.79 Å². The molecule has 0 unspecified atom stereocenters. The molecule has 0 aliphatic rings. The Labute approximate surface area is 165 Å². The van der Waals surface area contributed by atoms with Gasteiger partial charge in [-0.3, -0.25) is 5.43 Å². The Hall–Kier alpha value is -3.40. The minimum absolute atomic E-state index is 0.0508. The molecule has 0 radical (unpaired) electrons. The number of hydrazone groups is 1. The van der Waals surface area contributed by atoms with Gasteiger partial charge < -0.3 is 4.74 Å². The molecule has 0 aromatic heterocycles. The number of anilines is 1. The highest BCUT2D eigenvalue weighted by atomic mass is 16.5. The van der Waals surface area contributed by atoms with E-state index in [0.717, 1.165) is 11.3 Å².